The molecular weight excluding hydrogens is 326 g/mol. The second-order valence-electron chi connectivity index (χ2n) is 5.86. The number of carbonyl (C=O) groups excluding carboxylic acids is 1. The minimum Gasteiger partial charge on any atom is -0.450 e. The average Bonchev–Trinajstić information content (AvgIpc) is 2.84. The van der Waals surface area contributed by atoms with Gasteiger partial charge in [-0.3, -0.25) is 9.84 Å². The largest absolute Gasteiger partial charge is 0.450 e. The molecule has 0 bridgehead atoms. The van der Waals surface area contributed by atoms with Crippen LogP contribution in [0.5, 0.6) is 0 Å². The van der Waals surface area contributed by atoms with Gasteiger partial charge in [-0.15, -0.1) is 5.01 Å². The van der Waals surface area contributed by atoms with Crippen LogP contribution in [-0.4, -0.2) is 62.1 Å². The zero-order valence-electron chi connectivity index (χ0n) is 13.6. The van der Waals surface area contributed by atoms with Crippen LogP contribution in [-0.2, 0) is 14.8 Å². The van der Waals surface area contributed by atoms with Gasteiger partial charge in [-0.25, -0.2) is 13.2 Å². The van der Waals surface area contributed by atoms with Gasteiger partial charge >= 0.3 is 12.0 Å². The molecule has 10 nitrogen and oxygen atoms in total. The van der Waals surface area contributed by atoms with Crippen LogP contribution in [0.2, 0.25) is 0 Å². The van der Waals surface area contributed by atoms with Gasteiger partial charge in [0.05, 0.1) is 24.2 Å². The highest BCUT2D eigenvalue weighted by atomic mass is 32.2. The van der Waals surface area contributed by atoms with Crippen molar-refractivity contribution in [1.82, 2.24) is 9.58 Å². The van der Waals surface area contributed by atoms with Crippen molar-refractivity contribution in [2.75, 3.05) is 42.8 Å². The summed E-state index contributed by atoms with van der Waals surface area (Å²) >= 11 is 0. The number of nitrogens with one attached hydrogen (secondary N) is 1. The summed E-state index contributed by atoms with van der Waals surface area (Å²) in [6.45, 7) is 6.88. The minimum atomic E-state index is -3.24. The monoisotopic (exact) mass is 348 g/mol. The average molecular weight is 348 g/mol. The third kappa shape index (κ3) is 4.10. The molecule has 1 N–H and O–H groups in total. The van der Waals surface area contributed by atoms with E-state index in [9.17, 15) is 13.2 Å². The number of sulfonamides is 1. The number of hydrogen-bond acceptors (Lipinski definition) is 7. The molecule has 1 amide bonds. The maximum atomic E-state index is 11.7. The highest BCUT2D eigenvalue weighted by Gasteiger charge is 2.43. The van der Waals surface area contributed by atoms with E-state index < -0.39 is 21.7 Å². The van der Waals surface area contributed by atoms with Crippen LogP contribution >= 0.6 is 0 Å². The lowest BCUT2D eigenvalue weighted by molar-refractivity contribution is -0.766. The molecule has 2 heterocycles. The molecule has 2 rings (SSSR count). The van der Waals surface area contributed by atoms with Crippen LogP contribution in [0.15, 0.2) is 10.7 Å². The van der Waals surface area contributed by atoms with Crippen molar-refractivity contribution in [1.29, 1.82) is 0 Å². The molecule has 0 radical (unpaired) electrons. The molecule has 1 aromatic heterocycles. The number of aromatic nitrogens is 2. The smallest absolute Gasteiger partial charge is 0.414 e. The summed E-state index contributed by atoms with van der Waals surface area (Å²) in [6, 6.07) is 0. The molecule has 1 fully saturated rings. The maximum Gasteiger partial charge on any atom is 0.414 e. The molecule has 0 atom stereocenters. The fourth-order valence-electron chi connectivity index (χ4n) is 2.44. The van der Waals surface area contributed by atoms with Gasteiger partial charge in [0.25, 0.3) is 6.20 Å². The Morgan fingerprint density at radius 3 is 2.78 bits per heavy atom. The third-order valence-electron chi connectivity index (χ3n) is 3.50. The van der Waals surface area contributed by atoms with Crippen molar-refractivity contribution in [3.63, 3.8) is 0 Å². The normalized spacial score (nSPS) is 18.7. The van der Waals surface area contributed by atoms with Gasteiger partial charge in [0, 0.05) is 13.1 Å². The Balaban J connectivity index is 2.11. The van der Waals surface area contributed by atoms with Crippen LogP contribution in [0.25, 0.3) is 0 Å². The number of piperazine rings is 1. The van der Waals surface area contributed by atoms with E-state index in [4.69, 9.17) is 9.26 Å². The van der Waals surface area contributed by atoms with E-state index in [1.165, 1.54) is 21.5 Å². The lowest BCUT2D eigenvalue weighted by atomic mass is 10.0. The van der Waals surface area contributed by atoms with Gasteiger partial charge in [-0.05, 0) is 20.8 Å². The standard InChI is InChI=1S/C12H21N5O5S/c1-5-21-11(18)13-10-8-17(14-22-10)16-7-6-15(23(4,19)20)9-12(16,2)3/h8H,5-7,9H2,1-4H3/p+1. The van der Waals surface area contributed by atoms with Gasteiger partial charge in [-0.1, -0.05) is 0 Å². The van der Waals surface area contributed by atoms with E-state index >= 15 is 0 Å². The van der Waals surface area contributed by atoms with E-state index in [1.54, 1.807) is 6.92 Å². The summed E-state index contributed by atoms with van der Waals surface area (Å²) in [5.74, 6) is 0.143. The van der Waals surface area contributed by atoms with Gasteiger partial charge in [0.2, 0.25) is 15.3 Å². The number of rotatable bonds is 4. The number of hydrogen-bond donors (Lipinski definition) is 1. The summed E-state index contributed by atoms with van der Waals surface area (Å²) < 4.78 is 34.7. The van der Waals surface area contributed by atoms with E-state index in [2.05, 4.69) is 10.6 Å². The van der Waals surface area contributed by atoms with E-state index in [-0.39, 0.29) is 12.5 Å². The number of nitrogens with zero attached hydrogens (tertiary/aromatic N) is 4. The molecule has 0 unspecified atom stereocenters. The first-order valence-corrected chi connectivity index (χ1v) is 9.04. The summed E-state index contributed by atoms with van der Waals surface area (Å²) in [7, 11) is -3.24. The van der Waals surface area contributed by atoms with Gasteiger partial charge in [0.15, 0.2) is 0 Å². The molecule has 11 heteroatoms. The summed E-state index contributed by atoms with van der Waals surface area (Å²) in [6.07, 6.45) is 2.08. The number of carbonyl (C=O) groups is 1. The molecular formula is C12H22N5O5S+. The van der Waals surface area contributed by atoms with Crippen molar-refractivity contribution in [3.8, 4) is 0 Å². The number of anilines is 1. The molecule has 1 aliphatic rings. The lowest BCUT2D eigenvalue weighted by Crippen LogP contribution is -2.74. The van der Waals surface area contributed by atoms with Crippen LogP contribution < -0.4 is 15.1 Å². The molecule has 130 valence electrons. The second-order valence-corrected chi connectivity index (χ2v) is 7.85. The first-order chi connectivity index (χ1) is 10.6. The fraction of sp³-hybridized carbons (Fsp3) is 0.750. The molecule has 1 aliphatic heterocycles. The molecule has 1 aromatic rings. The van der Waals surface area contributed by atoms with Crippen molar-refractivity contribution in [2.45, 2.75) is 26.3 Å². The maximum absolute atomic E-state index is 11.7. The van der Waals surface area contributed by atoms with Crippen LogP contribution in [0, 0.1) is 0 Å². The Bertz CT molecular complexity index is 671. The van der Waals surface area contributed by atoms with Crippen LogP contribution in [0.3, 0.4) is 0 Å². The van der Waals surface area contributed by atoms with Gasteiger partial charge in [-0.2, -0.15) is 4.31 Å². The Labute approximate surface area is 135 Å². The Morgan fingerprint density at radius 1 is 1.52 bits per heavy atom. The van der Waals surface area contributed by atoms with E-state index in [1.807, 2.05) is 18.9 Å². The molecule has 0 aromatic carbocycles. The van der Waals surface area contributed by atoms with Gasteiger partial charge < -0.3 is 4.74 Å². The summed E-state index contributed by atoms with van der Waals surface area (Å²) in [4.78, 5) is 12.8. The lowest BCUT2D eigenvalue weighted by Gasteiger charge is -2.40. The Hall–Kier alpha value is -1.88. The van der Waals surface area contributed by atoms with Gasteiger partial charge in [0.1, 0.15) is 5.54 Å². The zero-order chi connectivity index (χ0) is 17.3. The SMILES string of the molecule is CCOC(=O)Nc1c[n+](N2CCN(S(C)(=O)=O)CC2(C)C)no1. The van der Waals surface area contributed by atoms with E-state index in [0.29, 0.717) is 19.6 Å². The molecule has 23 heavy (non-hydrogen) atoms. The number of amides is 1. The zero-order valence-corrected chi connectivity index (χ0v) is 14.5. The van der Waals surface area contributed by atoms with Crippen molar-refractivity contribution >= 4 is 22.0 Å². The second kappa shape index (κ2) is 6.32. The quantitative estimate of drug-likeness (QED) is 0.732. The number of ether oxygens (including phenoxy) is 1. The van der Waals surface area contributed by atoms with Crippen LogP contribution in [0.4, 0.5) is 10.7 Å². The molecule has 0 spiro atoms. The van der Waals surface area contributed by atoms with E-state index in [0.717, 1.165) is 0 Å². The van der Waals surface area contributed by atoms with Crippen molar-refractivity contribution < 1.29 is 27.3 Å². The minimum absolute atomic E-state index is 0.143. The van der Waals surface area contributed by atoms with Crippen LogP contribution in [0.1, 0.15) is 20.8 Å². The van der Waals surface area contributed by atoms with Crippen molar-refractivity contribution in [2.24, 2.45) is 0 Å². The fourth-order valence-corrected chi connectivity index (χ4v) is 3.40. The Morgan fingerprint density at radius 2 is 2.22 bits per heavy atom. The summed E-state index contributed by atoms with van der Waals surface area (Å²) in [5, 5.41) is 8.15. The first-order valence-electron chi connectivity index (χ1n) is 7.19. The van der Waals surface area contributed by atoms with Crippen molar-refractivity contribution in [3.05, 3.63) is 6.20 Å². The predicted molar refractivity (Wildman–Crippen MR) is 80.9 cm³/mol. The molecule has 0 saturated carbocycles. The molecule has 1 saturated heterocycles. The highest BCUT2D eigenvalue weighted by molar-refractivity contribution is 7.88. The topological polar surface area (TPSA) is 109 Å². The Kier molecular flexibility index (Phi) is 4.80. The molecule has 0 aliphatic carbocycles. The third-order valence-corrected chi connectivity index (χ3v) is 4.75. The predicted octanol–water partition coefficient (Wildman–Crippen LogP) is -0.478. The first kappa shape index (κ1) is 17.5. The highest BCUT2D eigenvalue weighted by Crippen LogP contribution is 2.19. The summed E-state index contributed by atoms with van der Waals surface area (Å²) in [5.41, 5.74) is -0.496.